The molecule has 0 bridgehead atoms. The van der Waals surface area contributed by atoms with Crippen LogP contribution in [0.5, 0.6) is 0 Å². The molecule has 4 nitrogen and oxygen atoms in total. The lowest BCUT2D eigenvalue weighted by atomic mass is 10.00. The Morgan fingerprint density at radius 1 is 0.474 bits per heavy atom. The van der Waals surface area contributed by atoms with Gasteiger partial charge in [0.25, 0.3) is 0 Å². The molecule has 6 heteroatoms. The molecular weight excluding hydrogens is 733 g/mol. The number of hydrogen-bond donors (Lipinski definition) is 2. The normalized spacial score (nSPS) is 15.9. The lowest BCUT2D eigenvalue weighted by Gasteiger charge is -2.32. The molecule has 2 N–H and O–H groups in total. The van der Waals surface area contributed by atoms with Crippen LogP contribution < -0.4 is 10.6 Å². The monoisotopic (exact) mass is 766 g/mol. The van der Waals surface area contributed by atoms with Gasteiger partial charge < -0.3 is 9.88 Å². The van der Waals surface area contributed by atoms with E-state index in [0.717, 1.165) is 17.0 Å². The molecule has 0 radical (unpaired) electrons. The highest BCUT2D eigenvalue weighted by Gasteiger charge is 2.26. The van der Waals surface area contributed by atoms with E-state index in [1.807, 2.05) is 28.7 Å². The summed E-state index contributed by atoms with van der Waals surface area (Å²) in [4.78, 5) is 5.12. The molecule has 2 atom stereocenters. The predicted octanol–water partition coefficient (Wildman–Crippen LogP) is 13.5. The maximum Gasteiger partial charge on any atom is 0.131 e. The second kappa shape index (κ2) is 13.0. The standard InChI is InChI=1S/C51H34N4S2/c1-3-13-31(14-4-1)49-52-50(32-15-5-2-6-16-32)54-51(53-49)34-26-28-44-40(29-34)38-20-11-19-35(48(38)57-44)33-25-27-39-46(30-33)56-45-24-12-23-43(47(39)45)55-41-21-9-7-17-36(41)37-18-8-10-22-42(37)55/h1-30,49,51,53H,(H,52,54). The summed E-state index contributed by atoms with van der Waals surface area (Å²) in [5.41, 5.74) is 9.62. The average Bonchev–Trinajstić information content (AvgIpc) is 3.96. The van der Waals surface area contributed by atoms with Crippen molar-refractivity contribution in [2.75, 3.05) is 0 Å². The number of benzene rings is 8. The van der Waals surface area contributed by atoms with E-state index in [-0.39, 0.29) is 12.3 Å². The van der Waals surface area contributed by atoms with E-state index in [1.165, 1.54) is 84.5 Å². The van der Waals surface area contributed by atoms with Gasteiger partial charge in [0, 0.05) is 56.7 Å². The largest absolute Gasteiger partial charge is 0.350 e. The second-order valence-corrected chi connectivity index (χ2v) is 16.9. The van der Waals surface area contributed by atoms with Crippen LogP contribution in [0.4, 0.5) is 0 Å². The number of nitrogens with one attached hydrogen (secondary N) is 2. The van der Waals surface area contributed by atoms with Gasteiger partial charge in [0.1, 0.15) is 18.2 Å². The molecule has 0 saturated carbocycles. The smallest absolute Gasteiger partial charge is 0.131 e. The summed E-state index contributed by atoms with van der Waals surface area (Å²) in [6.45, 7) is 0. The summed E-state index contributed by atoms with van der Waals surface area (Å²) in [6, 6.07) is 66.0. The zero-order chi connectivity index (χ0) is 37.5. The number of nitrogens with zero attached hydrogens (tertiary/aromatic N) is 2. The Bertz CT molecular complexity index is 3320. The van der Waals surface area contributed by atoms with Gasteiger partial charge in [0.05, 0.1) is 16.7 Å². The quantitative estimate of drug-likeness (QED) is 0.183. The fourth-order valence-corrected chi connectivity index (χ4v) is 11.2. The molecular formula is C51H34N4S2. The van der Waals surface area contributed by atoms with Crippen molar-refractivity contribution in [3.63, 3.8) is 0 Å². The number of thiophene rings is 2. The van der Waals surface area contributed by atoms with E-state index in [0.29, 0.717) is 0 Å². The van der Waals surface area contributed by atoms with Crippen molar-refractivity contribution in [3.8, 4) is 16.8 Å². The third kappa shape index (κ3) is 5.26. The van der Waals surface area contributed by atoms with Gasteiger partial charge in [0.2, 0.25) is 0 Å². The minimum Gasteiger partial charge on any atom is -0.350 e. The van der Waals surface area contributed by atoms with E-state index < -0.39 is 0 Å². The number of aliphatic imine (C=N–C) groups is 1. The molecule has 12 rings (SSSR count). The molecule has 1 aliphatic heterocycles. The van der Waals surface area contributed by atoms with Crippen LogP contribution in [0.1, 0.15) is 29.0 Å². The third-order valence-electron chi connectivity index (χ3n) is 11.5. The highest BCUT2D eigenvalue weighted by atomic mass is 32.1. The average molecular weight is 767 g/mol. The van der Waals surface area contributed by atoms with Crippen molar-refractivity contribution >= 4 is 90.7 Å². The minimum atomic E-state index is -0.170. The second-order valence-electron chi connectivity index (χ2n) is 14.8. The number of aromatic nitrogens is 1. The first-order valence-electron chi connectivity index (χ1n) is 19.4. The molecule has 8 aromatic carbocycles. The fraction of sp³-hybridized carbons (Fsp3) is 0.0392. The lowest BCUT2D eigenvalue weighted by molar-refractivity contribution is 0.409. The summed E-state index contributed by atoms with van der Waals surface area (Å²) in [5.74, 6) is 0.893. The number of hydrogen-bond acceptors (Lipinski definition) is 5. The molecule has 1 aliphatic rings. The highest BCUT2D eigenvalue weighted by molar-refractivity contribution is 7.26. The van der Waals surface area contributed by atoms with E-state index in [4.69, 9.17) is 4.99 Å². The first kappa shape index (κ1) is 32.7. The Morgan fingerprint density at radius 2 is 1.19 bits per heavy atom. The van der Waals surface area contributed by atoms with Crippen molar-refractivity contribution in [2.45, 2.75) is 12.3 Å². The van der Waals surface area contributed by atoms with Gasteiger partial charge in [0.15, 0.2) is 0 Å². The Morgan fingerprint density at radius 3 is 2.00 bits per heavy atom. The molecule has 0 aliphatic carbocycles. The molecule has 11 aromatic rings. The van der Waals surface area contributed by atoms with Crippen LogP contribution in [-0.4, -0.2) is 10.4 Å². The van der Waals surface area contributed by atoms with Gasteiger partial charge in [-0.2, -0.15) is 0 Å². The van der Waals surface area contributed by atoms with Crippen molar-refractivity contribution in [3.05, 3.63) is 199 Å². The summed E-state index contributed by atoms with van der Waals surface area (Å²) >= 11 is 3.77. The third-order valence-corrected chi connectivity index (χ3v) is 13.8. The number of rotatable bonds is 5. The summed E-state index contributed by atoms with van der Waals surface area (Å²) in [7, 11) is 0. The van der Waals surface area contributed by atoms with E-state index in [2.05, 4.69) is 191 Å². The van der Waals surface area contributed by atoms with Crippen LogP contribution in [0.25, 0.3) is 79.0 Å². The van der Waals surface area contributed by atoms with Crippen molar-refractivity contribution in [1.29, 1.82) is 0 Å². The van der Waals surface area contributed by atoms with Gasteiger partial charge in [-0.15, -0.1) is 22.7 Å². The van der Waals surface area contributed by atoms with Crippen LogP contribution in [0.2, 0.25) is 0 Å². The molecule has 4 heterocycles. The molecule has 57 heavy (non-hydrogen) atoms. The predicted molar refractivity (Wildman–Crippen MR) is 243 cm³/mol. The van der Waals surface area contributed by atoms with Crippen LogP contribution in [0.3, 0.4) is 0 Å². The number of fused-ring (bicyclic) bond motifs is 9. The maximum atomic E-state index is 5.12. The molecule has 0 spiro atoms. The number of amidine groups is 1. The SMILES string of the molecule is c1ccc(C2=NC(c3ccccc3)NC(c3ccc4sc5c(-c6ccc7c(c6)sc6cccc(-n8c9ccccc9c9ccccc98)c67)cccc5c4c3)N2)cc1. The molecule has 0 fully saturated rings. The Kier molecular flexibility index (Phi) is 7.45. The zero-order valence-corrected chi connectivity index (χ0v) is 32.3. The van der Waals surface area contributed by atoms with Gasteiger partial charge in [-0.05, 0) is 64.7 Å². The van der Waals surface area contributed by atoms with Gasteiger partial charge in [-0.1, -0.05) is 140 Å². The lowest BCUT2D eigenvalue weighted by Crippen LogP contribution is -2.44. The van der Waals surface area contributed by atoms with E-state index >= 15 is 0 Å². The van der Waals surface area contributed by atoms with Gasteiger partial charge >= 0.3 is 0 Å². The topological polar surface area (TPSA) is 41.4 Å². The molecule has 3 aromatic heterocycles. The Labute approximate surface area is 337 Å². The highest BCUT2D eigenvalue weighted by Crippen LogP contribution is 2.45. The fourth-order valence-electron chi connectivity index (χ4n) is 8.85. The summed E-state index contributed by atoms with van der Waals surface area (Å²) in [5, 5.41) is 15.2. The van der Waals surface area contributed by atoms with Crippen LogP contribution in [0.15, 0.2) is 187 Å². The molecule has 2 unspecified atom stereocenters. The van der Waals surface area contributed by atoms with Crippen LogP contribution >= 0.6 is 22.7 Å². The summed E-state index contributed by atoms with van der Waals surface area (Å²) < 4.78 is 7.65. The first-order valence-corrected chi connectivity index (χ1v) is 21.0. The zero-order valence-electron chi connectivity index (χ0n) is 30.7. The molecule has 0 amide bonds. The van der Waals surface area contributed by atoms with E-state index in [1.54, 1.807) is 0 Å². The van der Waals surface area contributed by atoms with Crippen molar-refractivity contribution in [2.24, 2.45) is 4.99 Å². The van der Waals surface area contributed by atoms with Crippen LogP contribution in [0, 0.1) is 0 Å². The minimum absolute atomic E-state index is 0.117. The van der Waals surface area contributed by atoms with E-state index in [9.17, 15) is 0 Å². The van der Waals surface area contributed by atoms with Crippen molar-refractivity contribution in [1.82, 2.24) is 15.2 Å². The van der Waals surface area contributed by atoms with Crippen LogP contribution in [-0.2, 0) is 0 Å². The van der Waals surface area contributed by atoms with Gasteiger partial charge in [-0.3, -0.25) is 5.32 Å². The maximum absolute atomic E-state index is 5.12. The van der Waals surface area contributed by atoms with Crippen molar-refractivity contribution < 1.29 is 0 Å². The Balaban J connectivity index is 0.951. The number of para-hydroxylation sites is 2. The summed E-state index contributed by atoms with van der Waals surface area (Å²) in [6.07, 6.45) is -0.288. The Hall–Kier alpha value is -6.57. The first-order chi connectivity index (χ1) is 28.2. The molecule has 0 saturated heterocycles. The molecule has 270 valence electrons. The van der Waals surface area contributed by atoms with Gasteiger partial charge in [-0.25, -0.2) is 4.99 Å².